The highest BCUT2D eigenvalue weighted by molar-refractivity contribution is 4.73. The van der Waals surface area contributed by atoms with Crippen LogP contribution in [0.25, 0.3) is 0 Å². The molecule has 0 aromatic heterocycles. The second-order valence-corrected chi connectivity index (χ2v) is 7.30. The van der Waals surface area contributed by atoms with Crippen LogP contribution in [-0.2, 0) is 0 Å². The average Bonchev–Trinajstić information content (AvgIpc) is 2.48. The summed E-state index contributed by atoms with van der Waals surface area (Å²) < 4.78 is 36.3. The van der Waals surface area contributed by atoms with Crippen LogP contribution in [0.15, 0.2) is 0 Å². The molecule has 0 spiro atoms. The molecule has 0 aliphatic heterocycles. The normalized spacial score (nSPS) is 22.9. The van der Waals surface area contributed by atoms with Crippen LogP contribution < -0.4 is 0 Å². The largest absolute Gasteiger partial charge is 0.389 e. The molecule has 1 saturated carbocycles. The van der Waals surface area contributed by atoms with Crippen molar-refractivity contribution in [3.8, 4) is 0 Å². The quantitative estimate of drug-likeness (QED) is 0.343. The van der Waals surface area contributed by atoms with Crippen LogP contribution in [0.1, 0.15) is 103 Å². The minimum atomic E-state index is -3.96. The second kappa shape index (κ2) is 11.3. The van der Waals surface area contributed by atoms with E-state index in [9.17, 15) is 13.2 Å². The molecule has 0 nitrogen and oxygen atoms in total. The van der Waals surface area contributed by atoms with Gasteiger partial charge in [-0.2, -0.15) is 13.2 Å². The van der Waals surface area contributed by atoms with Gasteiger partial charge in [-0.15, -0.1) is 0 Å². The topological polar surface area (TPSA) is 0 Å². The van der Waals surface area contributed by atoms with Gasteiger partial charge < -0.3 is 0 Å². The van der Waals surface area contributed by atoms with Crippen molar-refractivity contribution >= 4 is 0 Å². The molecule has 1 aliphatic rings. The van der Waals surface area contributed by atoms with Gasteiger partial charge in [0.2, 0.25) is 0 Å². The van der Waals surface area contributed by atoms with E-state index >= 15 is 0 Å². The Balaban J connectivity index is 1.95. The van der Waals surface area contributed by atoms with Crippen molar-refractivity contribution in [1.29, 1.82) is 0 Å². The summed E-state index contributed by atoms with van der Waals surface area (Å²) in [4.78, 5) is 0. The van der Waals surface area contributed by atoms with Gasteiger partial charge in [0, 0.05) is 6.42 Å². The molecule has 0 saturated heterocycles. The SMILES string of the molecule is CCCCCCCCC1CCC(CCCCC(F)(F)F)CC1. The van der Waals surface area contributed by atoms with Crippen LogP contribution in [0.2, 0.25) is 0 Å². The van der Waals surface area contributed by atoms with Crippen LogP contribution >= 0.6 is 0 Å². The number of halogens is 3. The van der Waals surface area contributed by atoms with Crippen molar-refractivity contribution < 1.29 is 13.2 Å². The van der Waals surface area contributed by atoms with Crippen molar-refractivity contribution in [2.75, 3.05) is 0 Å². The maximum Gasteiger partial charge on any atom is 0.389 e. The average molecular weight is 320 g/mol. The maximum atomic E-state index is 12.1. The van der Waals surface area contributed by atoms with Crippen molar-refractivity contribution in [2.24, 2.45) is 11.8 Å². The van der Waals surface area contributed by atoms with Gasteiger partial charge in [-0.05, 0) is 18.3 Å². The second-order valence-electron chi connectivity index (χ2n) is 7.30. The third kappa shape index (κ3) is 10.5. The van der Waals surface area contributed by atoms with E-state index in [1.54, 1.807) is 0 Å². The van der Waals surface area contributed by atoms with Crippen LogP contribution in [-0.4, -0.2) is 6.18 Å². The summed E-state index contributed by atoms with van der Waals surface area (Å²) in [5, 5.41) is 0. The minimum Gasteiger partial charge on any atom is -0.171 e. The summed E-state index contributed by atoms with van der Waals surface area (Å²) in [7, 11) is 0. The Morgan fingerprint density at radius 1 is 0.682 bits per heavy atom. The summed E-state index contributed by atoms with van der Waals surface area (Å²) in [6, 6.07) is 0. The third-order valence-electron chi connectivity index (χ3n) is 5.25. The fourth-order valence-electron chi connectivity index (χ4n) is 3.78. The van der Waals surface area contributed by atoms with Crippen LogP contribution in [0.3, 0.4) is 0 Å². The van der Waals surface area contributed by atoms with Gasteiger partial charge in [0.25, 0.3) is 0 Å². The lowest BCUT2D eigenvalue weighted by Gasteiger charge is -2.28. The zero-order valence-corrected chi connectivity index (χ0v) is 14.4. The monoisotopic (exact) mass is 320 g/mol. The summed E-state index contributed by atoms with van der Waals surface area (Å²) in [6.45, 7) is 2.25. The molecule has 0 unspecified atom stereocenters. The Morgan fingerprint density at radius 3 is 1.64 bits per heavy atom. The molecule has 0 heterocycles. The molecule has 0 aromatic rings. The molecule has 1 fully saturated rings. The molecular weight excluding hydrogens is 285 g/mol. The van der Waals surface area contributed by atoms with Crippen molar-refractivity contribution in [1.82, 2.24) is 0 Å². The number of unbranched alkanes of at least 4 members (excludes halogenated alkanes) is 6. The van der Waals surface area contributed by atoms with Crippen LogP contribution in [0, 0.1) is 11.8 Å². The highest BCUT2D eigenvalue weighted by atomic mass is 19.4. The highest BCUT2D eigenvalue weighted by Gasteiger charge is 2.26. The highest BCUT2D eigenvalue weighted by Crippen LogP contribution is 2.35. The van der Waals surface area contributed by atoms with Gasteiger partial charge in [0.05, 0.1) is 0 Å². The number of hydrogen-bond acceptors (Lipinski definition) is 0. The van der Waals surface area contributed by atoms with Crippen molar-refractivity contribution in [2.45, 2.75) is 109 Å². The summed E-state index contributed by atoms with van der Waals surface area (Å²) in [5.74, 6) is 1.60. The molecule has 0 radical (unpaired) electrons. The molecule has 132 valence electrons. The molecule has 0 amide bonds. The standard InChI is InChI=1S/C19H35F3/c1-2-3-4-5-6-7-10-17-12-14-18(15-13-17)11-8-9-16-19(20,21)22/h17-18H,2-16H2,1H3. The lowest BCUT2D eigenvalue weighted by atomic mass is 9.78. The lowest BCUT2D eigenvalue weighted by molar-refractivity contribution is -0.135. The Labute approximate surface area is 135 Å². The molecular formula is C19H35F3. The first-order valence-electron chi connectivity index (χ1n) is 9.58. The number of hydrogen-bond donors (Lipinski definition) is 0. The Morgan fingerprint density at radius 2 is 1.14 bits per heavy atom. The molecule has 1 aliphatic carbocycles. The molecule has 22 heavy (non-hydrogen) atoms. The van der Waals surface area contributed by atoms with Gasteiger partial charge in [-0.25, -0.2) is 0 Å². The van der Waals surface area contributed by atoms with E-state index in [4.69, 9.17) is 0 Å². The molecule has 0 atom stereocenters. The smallest absolute Gasteiger partial charge is 0.171 e. The lowest BCUT2D eigenvalue weighted by Crippen LogP contribution is -2.15. The van der Waals surface area contributed by atoms with Gasteiger partial charge in [0.15, 0.2) is 0 Å². The summed E-state index contributed by atoms with van der Waals surface area (Å²) in [5.41, 5.74) is 0. The van der Waals surface area contributed by atoms with E-state index in [0.717, 1.165) is 18.8 Å². The fraction of sp³-hybridized carbons (Fsp3) is 1.00. The Hall–Kier alpha value is -0.210. The predicted octanol–water partition coefficient (Wildman–Crippen LogP) is 7.67. The molecule has 3 heteroatoms. The Bertz CT molecular complexity index is 252. The molecule has 0 aromatic carbocycles. The van der Waals surface area contributed by atoms with Crippen LogP contribution in [0.5, 0.6) is 0 Å². The first kappa shape index (κ1) is 19.8. The fourth-order valence-corrected chi connectivity index (χ4v) is 3.78. The molecule has 0 N–H and O–H groups in total. The van der Waals surface area contributed by atoms with E-state index in [-0.39, 0.29) is 0 Å². The number of rotatable bonds is 11. The van der Waals surface area contributed by atoms with Crippen molar-refractivity contribution in [3.05, 3.63) is 0 Å². The summed E-state index contributed by atoms with van der Waals surface area (Å²) >= 11 is 0. The molecule has 0 bridgehead atoms. The van der Waals surface area contributed by atoms with Crippen molar-refractivity contribution in [3.63, 3.8) is 0 Å². The molecule has 1 rings (SSSR count). The summed E-state index contributed by atoms with van der Waals surface area (Å²) in [6.07, 6.45) is 12.3. The Kier molecular flexibility index (Phi) is 10.2. The van der Waals surface area contributed by atoms with E-state index < -0.39 is 12.6 Å². The van der Waals surface area contributed by atoms with Crippen LogP contribution in [0.4, 0.5) is 13.2 Å². The van der Waals surface area contributed by atoms with Gasteiger partial charge >= 0.3 is 6.18 Å². The van der Waals surface area contributed by atoms with E-state index in [2.05, 4.69) is 6.92 Å². The first-order valence-corrected chi connectivity index (χ1v) is 9.58. The zero-order valence-electron chi connectivity index (χ0n) is 14.4. The third-order valence-corrected chi connectivity index (χ3v) is 5.25. The number of alkyl halides is 3. The van der Waals surface area contributed by atoms with E-state index in [1.165, 1.54) is 70.6 Å². The zero-order chi connectivity index (χ0) is 16.3. The van der Waals surface area contributed by atoms with E-state index in [1.807, 2.05) is 0 Å². The van der Waals surface area contributed by atoms with Gasteiger partial charge in [-0.1, -0.05) is 90.4 Å². The van der Waals surface area contributed by atoms with E-state index in [0.29, 0.717) is 12.3 Å². The van der Waals surface area contributed by atoms with Gasteiger partial charge in [0.1, 0.15) is 0 Å². The predicted molar refractivity (Wildman–Crippen MR) is 88.0 cm³/mol. The first-order chi connectivity index (χ1) is 10.5. The maximum absolute atomic E-state index is 12.1. The minimum absolute atomic E-state index is 0.321. The van der Waals surface area contributed by atoms with Gasteiger partial charge in [-0.3, -0.25) is 0 Å².